The second-order valence-electron chi connectivity index (χ2n) is 7.13. The Morgan fingerprint density at radius 1 is 1.28 bits per heavy atom. The minimum absolute atomic E-state index is 0. The molecule has 0 bridgehead atoms. The quantitative estimate of drug-likeness (QED) is 0.310. The van der Waals surface area contributed by atoms with Gasteiger partial charge in [-0.1, -0.05) is 32.0 Å². The smallest absolute Gasteiger partial charge is 0.226 e. The molecule has 156 valence electrons. The van der Waals surface area contributed by atoms with Gasteiger partial charge in [-0.05, 0) is 18.1 Å². The lowest BCUT2D eigenvalue weighted by molar-refractivity contribution is 0.472. The Labute approximate surface area is 189 Å². The molecule has 0 aliphatic heterocycles. The van der Waals surface area contributed by atoms with Gasteiger partial charge in [-0.15, -0.1) is 24.0 Å². The molecule has 8 heteroatoms. The maximum absolute atomic E-state index is 5.60. The van der Waals surface area contributed by atoms with E-state index in [1.807, 2.05) is 49.1 Å². The molecule has 3 aromatic rings. The van der Waals surface area contributed by atoms with E-state index in [4.69, 9.17) is 4.42 Å². The van der Waals surface area contributed by atoms with Gasteiger partial charge in [0, 0.05) is 45.0 Å². The van der Waals surface area contributed by atoms with E-state index in [0.29, 0.717) is 18.4 Å². The number of guanidine groups is 1. The van der Waals surface area contributed by atoms with Crippen LogP contribution in [0.25, 0.3) is 11.5 Å². The summed E-state index contributed by atoms with van der Waals surface area (Å²) >= 11 is 0. The normalized spacial score (nSPS) is 11.4. The van der Waals surface area contributed by atoms with Crippen LogP contribution < -0.4 is 5.32 Å². The van der Waals surface area contributed by atoms with E-state index in [2.05, 4.69) is 45.3 Å². The molecule has 0 spiro atoms. The van der Waals surface area contributed by atoms with Crippen molar-refractivity contribution in [3.63, 3.8) is 0 Å². The van der Waals surface area contributed by atoms with Gasteiger partial charge in [0.15, 0.2) is 5.96 Å². The molecular weight excluding hydrogens is 479 g/mol. The molecule has 0 fully saturated rings. The zero-order valence-corrected chi connectivity index (χ0v) is 19.9. The average Bonchev–Trinajstić information content (AvgIpc) is 3.29. The van der Waals surface area contributed by atoms with Crippen LogP contribution in [0.3, 0.4) is 0 Å². The van der Waals surface area contributed by atoms with Crippen LogP contribution in [0.1, 0.15) is 36.7 Å². The third kappa shape index (κ3) is 5.81. The van der Waals surface area contributed by atoms with E-state index in [-0.39, 0.29) is 24.0 Å². The Hall–Kier alpha value is -2.36. The van der Waals surface area contributed by atoms with Crippen molar-refractivity contribution >= 4 is 29.9 Å². The molecule has 1 aromatic carbocycles. The van der Waals surface area contributed by atoms with Crippen molar-refractivity contribution in [1.82, 2.24) is 25.0 Å². The summed E-state index contributed by atoms with van der Waals surface area (Å²) in [4.78, 5) is 11.0. The zero-order chi connectivity index (χ0) is 20.1. The number of benzene rings is 1. The maximum atomic E-state index is 5.60. The average molecular weight is 508 g/mol. The molecular formula is C21H29IN6O. The molecule has 0 radical (unpaired) electrons. The van der Waals surface area contributed by atoms with Gasteiger partial charge in [-0.3, -0.25) is 9.67 Å². The lowest BCUT2D eigenvalue weighted by Gasteiger charge is -2.22. The van der Waals surface area contributed by atoms with Crippen LogP contribution in [0.4, 0.5) is 0 Å². The van der Waals surface area contributed by atoms with Crippen molar-refractivity contribution in [2.75, 3.05) is 14.1 Å². The van der Waals surface area contributed by atoms with E-state index in [1.54, 1.807) is 13.3 Å². The Kier molecular flexibility index (Phi) is 8.24. The highest BCUT2D eigenvalue weighted by atomic mass is 127. The van der Waals surface area contributed by atoms with Crippen LogP contribution >= 0.6 is 24.0 Å². The number of aliphatic imine (C=N–C) groups is 1. The molecule has 0 aliphatic carbocycles. The first kappa shape index (κ1) is 22.9. The molecule has 0 atom stereocenters. The van der Waals surface area contributed by atoms with Gasteiger partial charge in [-0.25, -0.2) is 4.98 Å². The van der Waals surface area contributed by atoms with Crippen molar-refractivity contribution in [2.45, 2.75) is 32.9 Å². The predicted molar refractivity (Wildman–Crippen MR) is 126 cm³/mol. The summed E-state index contributed by atoms with van der Waals surface area (Å²) in [7, 11) is 5.76. The molecule has 29 heavy (non-hydrogen) atoms. The van der Waals surface area contributed by atoms with E-state index in [9.17, 15) is 0 Å². The highest BCUT2D eigenvalue weighted by Gasteiger charge is 2.15. The zero-order valence-electron chi connectivity index (χ0n) is 17.6. The summed E-state index contributed by atoms with van der Waals surface area (Å²) in [5.41, 5.74) is 4.12. The van der Waals surface area contributed by atoms with Gasteiger partial charge in [0.2, 0.25) is 5.89 Å². The summed E-state index contributed by atoms with van der Waals surface area (Å²) in [6.07, 6.45) is 3.75. The number of rotatable bonds is 6. The highest BCUT2D eigenvalue weighted by molar-refractivity contribution is 14.0. The second-order valence-corrected chi connectivity index (χ2v) is 7.13. The van der Waals surface area contributed by atoms with Gasteiger partial charge in [0.25, 0.3) is 0 Å². The molecule has 0 saturated carbocycles. The first-order chi connectivity index (χ1) is 13.5. The number of hydrogen-bond acceptors (Lipinski definition) is 4. The van der Waals surface area contributed by atoms with E-state index < -0.39 is 0 Å². The summed E-state index contributed by atoms with van der Waals surface area (Å²) in [6.45, 7) is 5.59. The molecule has 1 N–H and O–H groups in total. The van der Waals surface area contributed by atoms with Crippen molar-refractivity contribution < 1.29 is 4.42 Å². The fourth-order valence-electron chi connectivity index (χ4n) is 3.15. The minimum atomic E-state index is 0. The van der Waals surface area contributed by atoms with Gasteiger partial charge in [0.1, 0.15) is 6.26 Å². The van der Waals surface area contributed by atoms with Crippen LogP contribution in [0, 0.1) is 0 Å². The molecule has 2 heterocycles. The summed E-state index contributed by atoms with van der Waals surface area (Å²) in [5.74, 6) is 1.80. The highest BCUT2D eigenvalue weighted by Crippen LogP contribution is 2.19. The lowest BCUT2D eigenvalue weighted by atomic mass is 10.1. The van der Waals surface area contributed by atoms with Crippen LogP contribution in [-0.4, -0.2) is 39.7 Å². The fraction of sp³-hybridized carbons (Fsp3) is 0.381. The maximum Gasteiger partial charge on any atom is 0.226 e. The number of aromatic nitrogens is 3. The Morgan fingerprint density at radius 3 is 2.66 bits per heavy atom. The van der Waals surface area contributed by atoms with Crippen molar-refractivity contribution in [3.8, 4) is 11.5 Å². The van der Waals surface area contributed by atoms with Crippen molar-refractivity contribution in [3.05, 3.63) is 59.7 Å². The monoisotopic (exact) mass is 508 g/mol. The number of nitrogens with zero attached hydrogens (tertiary/aromatic N) is 5. The second kappa shape index (κ2) is 10.4. The Bertz CT molecular complexity index is 932. The summed E-state index contributed by atoms with van der Waals surface area (Å²) < 4.78 is 7.47. The lowest BCUT2D eigenvalue weighted by Crippen LogP contribution is -2.38. The predicted octanol–water partition coefficient (Wildman–Crippen LogP) is 4.02. The summed E-state index contributed by atoms with van der Waals surface area (Å²) in [5, 5.41) is 7.93. The van der Waals surface area contributed by atoms with Crippen LogP contribution in [0.5, 0.6) is 0 Å². The van der Waals surface area contributed by atoms with Crippen LogP contribution in [0.2, 0.25) is 0 Å². The van der Waals surface area contributed by atoms with Gasteiger partial charge in [0.05, 0.1) is 17.9 Å². The standard InChI is InChI=1S/C21H28N6O.HI/c1-15(2)19-17(13-27(5)25-19)12-26(4)21(22-3)23-11-18-14-28-20(24-18)16-9-7-6-8-10-16;/h6-10,13-15H,11-12H2,1-5H3,(H,22,23);1H. The molecule has 3 rings (SSSR count). The SMILES string of the molecule is CN=C(NCc1coc(-c2ccccc2)n1)N(C)Cc1cn(C)nc1C(C)C.I. The van der Waals surface area contributed by atoms with Crippen molar-refractivity contribution in [2.24, 2.45) is 12.0 Å². The topological polar surface area (TPSA) is 71.5 Å². The number of aryl methyl sites for hydroxylation is 1. The molecule has 0 unspecified atom stereocenters. The fourth-order valence-corrected chi connectivity index (χ4v) is 3.15. The molecule has 0 saturated heterocycles. The van der Waals surface area contributed by atoms with Gasteiger partial charge < -0.3 is 14.6 Å². The van der Waals surface area contributed by atoms with Crippen LogP contribution in [0.15, 0.2) is 52.2 Å². The summed E-state index contributed by atoms with van der Waals surface area (Å²) in [6, 6.07) is 9.88. The van der Waals surface area contributed by atoms with Crippen LogP contribution in [-0.2, 0) is 20.1 Å². The molecule has 0 amide bonds. The Morgan fingerprint density at radius 2 is 2.00 bits per heavy atom. The largest absolute Gasteiger partial charge is 0.444 e. The minimum Gasteiger partial charge on any atom is -0.444 e. The third-order valence-corrected chi connectivity index (χ3v) is 4.47. The third-order valence-electron chi connectivity index (χ3n) is 4.47. The number of oxazole rings is 1. The first-order valence-corrected chi connectivity index (χ1v) is 9.42. The van der Waals surface area contributed by atoms with E-state index in [1.165, 1.54) is 5.56 Å². The number of halogens is 1. The van der Waals surface area contributed by atoms with E-state index in [0.717, 1.165) is 29.5 Å². The molecule has 0 aliphatic rings. The van der Waals surface area contributed by atoms with E-state index >= 15 is 0 Å². The Balaban J connectivity index is 0.00000300. The van der Waals surface area contributed by atoms with Crippen molar-refractivity contribution in [1.29, 1.82) is 0 Å². The number of nitrogens with one attached hydrogen (secondary N) is 1. The first-order valence-electron chi connectivity index (χ1n) is 9.42. The number of hydrogen-bond donors (Lipinski definition) is 1. The van der Waals surface area contributed by atoms with Gasteiger partial charge >= 0.3 is 0 Å². The molecule has 2 aromatic heterocycles. The molecule has 7 nitrogen and oxygen atoms in total. The van der Waals surface area contributed by atoms with Gasteiger partial charge in [-0.2, -0.15) is 5.10 Å².